The Labute approximate surface area is 193 Å². The van der Waals surface area contributed by atoms with Gasteiger partial charge in [-0.05, 0) is 37.1 Å². The summed E-state index contributed by atoms with van der Waals surface area (Å²) in [5.41, 5.74) is 0.396. The lowest BCUT2D eigenvalue weighted by molar-refractivity contribution is -0.145. The minimum Gasteiger partial charge on any atom is -0.497 e. The van der Waals surface area contributed by atoms with Crippen molar-refractivity contribution in [1.82, 2.24) is 24.8 Å². The van der Waals surface area contributed by atoms with Crippen molar-refractivity contribution in [3.63, 3.8) is 0 Å². The minimum absolute atomic E-state index is 0.0360. The van der Waals surface area contributed by atoms with Gasteiger partial charge in [-0.1, -0.05) is 5.21 Å². The standard InChI is InChI=1S/C22H22N6O6/c1-12(29)33-11-16-9-10-17(34-16)28-22(31)19-18(24-26-28)20(25-27(19)14-5-6-14)23-21(30)13-3-7-15(32-2)8-4-13/h3-4,7-10,14,16-17H,5-6,11H2,1-2H3,(H,23,25,30). The van der Waals surface area contributed by atoms with Crippen LogP contribution < -0.4 is 15.6 Å². The Balaban J connectivity index is 1.43. The second-order valence-corrected chi connectivity index (χ2v) is 8.00. The molecular weight excluding hydrogens is 444 g/mol. The number of amides is 1. The number of benzene rings is 1. The topological polar surface area (TPSA) is 139 Å². The molecule has 2 unspecified atom stereocenters. The van der Waals surface area contributed by atoms with E-state index in [2.05, 4.69) is 20.7 Å². The van der Waals surface area contributed by atoms with Crippen molar-refractivity contribution in [2.45, 2.75) is 38.1 Å². The molecular formula is C22H22N6O6. The highest BCUT2D eigenvalue weighted by molar-refractivity contribution is 6.07. The van der Waals surface area contributed by atoms with Gasteiger partial charge in [0.15, 0.2) is 23.1 Å². The molecule has 5 rings (SSSR count). The number of esters is 1. The molecule has 1 aliphatic heterocycles. The van der Waals surface area contributed by atoms with Gasteiger partial charge in [0.05, 0.1) is 19.3 Å². The lowest BCUT2D eigenvalue weighted by Gasteiger charge is -2.14. The highest BCUT2D eigenvalue weighted by Gasteiger charge is 2.34. The van der Waals surface area contributed by atoms with E-state index < -0.39 is 29.8 Å². The van der Waals surface area contributed by atoms with Crippen molar-refractivity contribution < 1.29 is 23.8 Å². The number of ether oxygens (including phenoxy) is 3. The summed E-state index contributed by atoms with van der Waals surface area (Å²) < 4.78 is 18.5. The average Bonchev–Trinajstić information content (AvgIpc) is 3.46. The first kappa shape index (κ1) is 22.0. The van der Waals surface area contributed by atoms with Crippen LogP contribution in [0.5, 0.6) is 5.75 Å². The predicted octanol–water partition coefficient (Wildman–Crippen LogP) is 1.45. The molecule has 1 saturated carbocycles. The fourth-order valence-corrected chi connectivity index (χ4v) is 3.64. The number of nitrogens with zero attached hydrogens (tertiary/aromatic N) is 5. The summed E-state index contributed by atoms with van der Waals surface area (Å²) in [4.78, 5) is 37.1. The number of aromatic nitrogens is 5. The number of hydrogen-bond acceptors (Lipinski definition) is 9. The molecule has 2 aliphatic rings. The summed E-state index contributed by atoms with van der Waals surface area (Å²) in [6, 6.07) is 6.67. The highest BCUT2D eigenvalue weighted by atomic mass is 16.6. The van der Waals surface area contributed by atoms with E-state index in [0.717, 1.165) is 17.5 Å². The molecule has 12 heteroatoms. The van der Waals surface area contributed by atoms with E-state index in [9.17, 15) is 14.4 Å². The van der Waals surface area contributed by atoms with Gasteiger partial charge in [-0.15, -0.1) is 5.10 Å². The lowest BCUT2D eigenvalue weighted by atomic mass is 10.2. The van der Waals surface area contributed by atoms with Crippen molar-refractivity contribution in [3.8, 4) is 5.75 Å². The van der Waals surface area contributed by atoms with E-state index in [-0.39, 0.29) is 29.5 Å². The predicted molar refractivity (Wildman–Crippen MR) is 118 cm³/mol. The van der Waals surface area contributed by atoms with Gasteiger partial charge in [-0.3, -0.25) is 19.1 Å². The normalized spacial score (nSPS) is 19.8. The molecule has 0 spiro atoms. The van der Waals surface area contributed by atoms with Gasteiger partial charge in [0.25, 0.3) is 11.5 Å². The molecule has 1 saturated heterocycles. The fraction of sp³-hybridized carbons (Fsp3) is 0.364. The smallest absolute Gasteiger partial charge is 0.302 e. The molecule has 3 heterocycles. The number of rotatable bonds is 7. The molecule has 12 nitrogen and oxygen atoms in total. The van der Waals surface area contributed by atoms with E-state index in [1.54, 1.807) is 48.9 Å². The summed E-state index contributed by atoms with van der Waals surface area (Å²) in [6.45, 7) is 1.35. The number of carbonyl (C=O) groups is 2. The Morgan fingerprint density at radius 3 is 2.62 bits per heavy atom. The van der Waals surface area contributed by atoms with Crippen LogP contribution in [0.2, 0.25) is 0 Å². The van der Waals surface area contributed by atoms with Crippen LogP contribution in [0.25, 0.3) is 11.0 Å². The second-order valence-electron chi connectivity index (χ2n) is 8.00. The van der Waals surface area contributed by atoms with E-state index in [1.165, 1.54) is 6.92 Å². The zero-order valence-corrected chi connectivity index (χ0v) is 18.5. The van der Waals surface area contributed by atoms with Crippen LogP contribution in [-0.4, -0.2) is 56.5 Å². The molecule has 1 N–H and O–H groups in total. The average molecular weight is 466 g/mol. The number of nitrogens with one attached hydrogen (secondary N) is 1. The molecule has 1 amide bonds. The SMILES string of the molecule is COc1ccc(C(=O)Nc2nn(C3CC3)c3c(=O)n(C4[CH][CH]C(COC(C)=O)O4)nnc23)cc1. The first-order valence-electron chi connectivity index (χ1n) is 10.7. The van der Waals surface area contributed by atoms with Crippen LogP contribution in [0.1, 0.15) is 42.4 Å². The van der Waals surface area contributed by atoms with Crippen molar-refractivity contribution >= 4 is 28.7 Å². The third-order valence-corrected chi connectivity index (χ3v) is 5.51. The number of fused-ring (bicyclic) bond motifs is 1. The van der Waals surface area contributed by atoms with Crippen LogP contribution in [0.3, 0.4) is 0 Å². The van der Waals surface area contributed by atoms with Crippen LogP contribution in [0.4, 0.5) is 5.82 Å². The van der Waals surface area contributed by atoms with Gasteiger partial charge in [0.2, 0.25) is 0 Å². The molecule has 1 aliphatic carbocycles. The summed E-state index contributed by atoms with van der Waals surface area (Å²) in [7, 11) is 1.55. The van der Waals surface area contributed by atoms with Gasteiger partial charge < -0.3 is 19.5 Å². The highest BCUT2D eigenvalue weighted by Crippen LogP contribution is 2.37. The Morgan fingerprint density at radius 2 is 1.94 bits per heavy atom. The Morgan fingerprint density at radius 1 is 1.18 bits per heavy atom. The van der Waals surface area contributed by atoms with Gasteiger partial charge in [0, 0.05) is 25.3 Å². The molecule has 34 heavy (non-hydrogen) atoms. The van der Waals surface area contributed by atoms with Crippen molar-refractivity contribution in [1.29, 1.82) is 0 Å². The maximum absolute atomic E-state index is 13.4. The molecule has 0 bridgehead atoms. The number of methoxy groups -OCH3 is 1. The van der Waals surface area contributed by atoms with Crippen LogP contribution in [-0.2, 0) is 14.3 Å². The molecule has 2 aromatic heterocycles. The van der Waals surface area contributed by atoms with Crippen molar-refractivity contribution in [3.05, 3.63) is 53.0 Å². The minimum atomic E-state index is -0.801. The van der Waals surface area contributed by atoms with E-state index in [0.29, 0.717) is 11.3 Å². The third-order valence-electron chi connectivity index (χ3n) is 5.51. The quantitative estimate of drug-likeness (QED) is 0.512. The third kappa shape index (κ3) is 4.23. The fourth-order valence-electron chi connectivity index (χ4n) is 3.64. The zero-order chi connectivity index (χ0) is 23.8. The molecule has 2 atom stereocenters. The van der Waals surface area contributed by atoms with E-state index in [4.69, 9.17) is 14.2 Å². The van der Waals surface area contributed by atoms with Crippen LogP contribution >= 0.6 is 0 Å². The summed E-state index contributed by atoms with van der Waals surface area (Å²) in [5.74, 6) is -0.0254. The maximum atomic E-state index is 13.4. The summed E-state index contributed by atoms with van der Waals surface area (Å²) >= 11 is 0. The number of carbonyl (C=O) groups excluding carboxylic acids is 2. The van der Waals surface area contributed by atoms with Gasteiger partial charge in [-0.25, -0.2) is 0 Å². The summed E-state index contributed by atoms with van der Waals surface area (Å²) in [6.07, 6.45) is 3.80. The van der Waals surface area contributed by atoms with Crippen LogP contribution in [0.15, 0.2) is 29.1 Å². The van der Waals surface area contributed by atoms with Crippen molar-refractivity contribution in [2.75, 3.05) is 19.0 Å². The lowest BCUT2D eigenvalue weighted by Crippen LogP contribution is -2.30. The zero-order valence-electron chi connectivity index (χ0n) is 18.5. The van der Waals surface area contributed by atoms with E-state index in [1.807, 2.05) is 0 Å². The largest absolute Gasteiger partial charge is 0.497 e. The molecule has 3 aromatic rings. The van der Waals surface area contributed by atoms with Gasteiger partial charge >= 0.3 is 5.97 Å². The second kappa shape index (κ2) is 8.86. The number of anilines is 1. The first-order valence-corrected chi connectivity index (χ1v) is 10.7. The number of hydrogen-bond donors (Lipinski definition) is 1. The molecule has 2 fully saturated rings. The Bertz CT molecular complexity index is 1300. The first-order chi connectivity index (χ1) is 16.4. The molecule has 176 valence electrons. The van der Waals surface area contributed by atoms with Gasteiger partial charge in [0.1, 0.15) is 12.4 Å². The molecule has 1 aromatic carbocycles. The van der Waals surface area contributed by atoms with E-state index >= 15 is 0 Å². The Kier molecular flexibility index (Phi) is 5.74. The van der Waals surface area contributed by atoms with Crippen molar-refractivity contribution in [2.24, 2.45) is 0 Å². The monoisotopic (exact) mass is 466 g/mol. The van der Waals surface area contributed by atoms with Crippen LogP contribution in [0, 0.1) is 12.8 Å². The molecule has 2 radical (unpaired) electrons. The Hall–Kier alpha value is -3.80. The maximum Gasteiger partial charge on any atom is 0.302 e. The summed E-state index contributed by atoms with van der Waals surface area (Å²) in [5, 5.41) is 15.4. The van der Waals surface area contributed by atoms with Gasteiger partial charge in [-0.2, -0.15) is 9.78 Å².